The molecule has 112 valence electrons. The van der Waals surface area contributed by atoms with Gasteiger partial charge in [-0.3, -0.25) is 4.72 Å². The molecule has 2 rings (SSSR count). The highest BCUT2D eigenvalue weighted by atomic mass is 35.5. The fraction of sp³-hybridized carbons (Fsp3) is 0.214. The average Bonchev–Trinajstić information content (AvgIpc) is 2.45. The highest BCUT2D eigenvalue weighted by Gasteiger charge is 2.14. The summed E-state index contributed by atoms with van der Waals surface area (Å²) < 4.78 is 27.0. The maximum absolute atomic E-state index is 12.2. The Labute approximate surface area is 128 Å². The van der Waals surface area contributed by atoms with Crippen LogP contribution in [-0.2, 0) is 16.4 Å². The molecule has 5 nitrogen and oxygen atoms in total. The molecule has 0 atom stereocenters. The zero-order valence-corrected chi connectivity index (χ0v) is 12.7. The van der Waals surface area contributed by atoms with Gasteiger partial charge in [0.1, 0.15) is 5.15 Å². The van der Waals surface area contributed by atoms with Crippen molar-refractivity contribution in [3.05, 3.63) is 53.3 Å². The van der Waals surface area contributed by atoms with Crippen molar-refractivity contribution in [3.8, 4) is 0 Å². The number of hydrogen-bond acceptors (Lipinski definition) is 4. The van der Waals surface area contributed by atoms with Crippen LogP contribution in [0.1, 0.15) is 12.0 Å². The summed E-state index contributed by atoms with van der Waals surface area (Å²) in [5.41, 5.74) is 1.43. The van der Waals surface area contributed by atoms with Crippen LogP contribution in [0.2, 0.25) is 5.15 Å². The van der Waals surface area contributed by atoms with Crippen LogP contribution >= 0.6 is 11.6 Å². The number of nitrogens with zero attached hydrogens (tertiary/aromatic N) is 1. The first-order valence-electron chi connectivity index (χ1n) is 6.35. The van der Waals surface area contributed by atoms with Crippen molar-refractivity contribution >= 4 is 27.3 Å². The Morgan fingerprint density at radius 2 is 2.05 bits per heavy atom. The quantitative estimate of drug-likeness (QED) is 0.799. The SMILES string of the molecule is O=S(=O)(Nc1cccc(CCCO)c1)c1ccnc(Cl)c1. The van der Waals surface area contributed by atoms with Gasteiger partial charge in [0.05, 0.1) is 4.90 Å². The van der Waals surface area contributed by atoms with Gasteiger partial charge in [0.25, 0.3) is 10.0 Å². The molecule has 2 aromatic rings. The summed E-state index contributed by atoms with van der Waals surface area (Å²) in [7, 11) is -3.70. The van der Waals surface area contributed by atoms with E-state index in [1.54, 1.807) is 18.2 Å². The molecule has 0 fully saturated rings. The Bertz CT molecular complexity index is 720. The van der Waals surface area contributed by atoms with Crippen molar-refractivity contribution in [2.45, 2.75) is 17.7 Å². The number of aromatic nitrogens is 1. The lowest BCUT2D eigenvalue weighted by Gasteiger charge is -2.09. The van der Waals surface area contributed by atoms with E-state index in [0.29, 0.717) is 18.5 Å². The summed E-state index contributed by atoms with van der Waals surface area (Å²) in [4.78, 5) is 3.82. The molecule has 2 N–H and O–H groups in total. The summed E-state index contributed by atoms with van der Waals surface area (Å²) in [5.74, 6) is 0. The molecule has 0 saturated carbocycles. The molecular formula is C14H15ClN2O3S. The van der Waals surface area contributed by atoms with Gasteiger partial charge in [-0.25, -0.2) is 13.4 Å². The molecule has 0 unspecified atom stereocenters. The molecule has 7 heteroatoms. The monoisotopic (exact) mass is 326 g/mol. The summed E-state index contributed by atoms with van der Waals surface area (Å²) in [6.45, 7) is 0.103. The molecular weight excluding hydrogens is 312 g/mol. The van der Waals surface area contributed by atoms with Gasteiger partial charge >= 0.3 is 0 Å². The van der Waals surface area contributed by atoms with Gasteiger partial charge in [0.2, 0.25) is 0 Å². The van der Waals surface area contributed by atoms with Gasteiger partial charge in [0.15, 0.2) is 0 Å². The maximum atomic E-state index is 12.2. The van der Waals surface area contributed by atoms with E-state index in [1.807, 2.05) is 6.07 Å². The molecule has 0 saturated heterocycles. The van der Waals surface area contributed by atoms with Crippen molar-refractivity contribution < 1.29 is 13.5 Å². The maximum Gasteiger partial charge on any atom is 0.262 e. The normalized spacial score (nSPS) is 11.3. The summed E-state index contributed by atoms with van der Waals surface area (Å²) in [5, 5.41) is 8.95. The Morgan fingerprint density at radius 1 is 1.24 bits per heavy atom. The van der Waals surface area contributed by atoms with Gasteiger partial charge in [-0.05, 0) is 42.7 Å². The predicted molar refractivity (Wildman–Crippen MR) is 81.9 cm³/mol. The minimum absolute atomic E-state index is 0.0586. The molecule has 1 aromatic carbocycles. The topological polar surface area (TPSA) is 79.3 Å². The third kappa shape index (κ3) is 4.42. The number of sulfonamides is 1. The number of aliphatic hydroxyl groups is 1. The van der Waals surface area contributed by atoms with Crippen LogP contribution in [0.25, 0.3) is 0 Å². The largest absolute Gasteiger partial charge is 0.396 e. The second kappa shape index (κ2) is 6.89. The number of aliphatic hydroxyl groups excluding tert-OH is 1. The van der Waals surface area contributed by atoms with Crippen LogP contribution in [-0.4, -0.2) is 25.1 Å². The van der Waals surface area contributed by atoms with E-state index in [-0.39, 0.29) is 16.7 Å². The molecule has 1 heterocycles. The third-order valence-corrected chi connectivity index (χ3v) is 4.40. The summed E-state index contributed by atoms with van der Waals surface area (Å²) in [6, 6.07) is 9.74. The van der Waals surface area contributed by atoms with Crippen LogP contribution in [0.5, 0.6) is 0 Å². The number of benzene rings is 1. The van der Waals surface area contributed by atoms with Gasteiger partial charge in [-0.2, -0.15) is 0 Å². The Balaban J connectivity index is 2.20. The second-order valence-corrected chi connectivity index (χ2v) is 6.52. The lowest BCUT2D eigenvalue weighted by atomic mass is 10.1. The van der Waals surface area contributed by atoms with Gasteiger partial charge in [0, 0.05) is 18.5 Å². The number of rotatable bonds is 6. The molecule has 0 aliphatic rings. The van der Waals surface area contributed by atoms with Crippen LogP contribution in [0.15, 0.2) is 47.5 Å². The molecule has 0 radical (unpaired) electrons. The molecule has 0 aliphatic heterocycles. The minimum Gasteiger partial charge on any atom is -0.396 e. The molecule has 0 spiro atoms. The van der Waals surface area contributed by atoms with Gasteiger partial charge < -0.3 is 5.11 Å². The Kier molecular flexibility index (Phi) is 5.17. The van der Waals surface area contributed by atoms with Gasteiger partial charge in [-0.1, -0.05) is 23.7 Å². The van der Waals surface area contributed by atoms with E-state index in [9.17, 15) is 8.42 Å². The average molecular weight is 327 g/mol. The molecule has 0 amide bonds. The standard InChI is InChI=1S/C14H15ClN2O3S/c15-14-10-13(6-7-16-14)21(19,20)17-12-5-1-3-11(9-12)4-2-8-18/h1,3,5-7,9-10,17-18H,2,4,8H2. The van der Waals surface area contributed by atoms with E-state index in [1.165, 1.54) is 18.3 Å². The van der Waals surface area contributed by atoms with Crippen LogP contribution in [0.4, 0.5) is 5.69 Å². The number of anilines is 1. The van der Waals surface area contributed by atoms with Crippen LogP contribution in [0, 0.1) is 0 Å². The first-order valence-corrected chi connectivity index (χ1v) is 8.21. The highest BCUT2D eigenvalue weighted by Crippen LogP contribution is 2.19. The predicted octanol–water partition coefficient (Wildman–Crippen LogP) is 2.46. The fourth-order valence-electron chi connectivity index (χ4n) is 1.84. The zero-order valence-electron chi connectivity index (χ0n) is 11.2. The highest BCUT2D eigenvalue weighted by molar-refractivity contribution is 7.92. The van der Waals surface area contributed by atoms with E-state index in [2.05, 4.69) is 9.71 Å². The lowest BCUT2D eigenvalue weighted by Crippen LogP contribution is -2.13. The van der Waals surface area contributed by atoms with Crippen molar-refractivity contribution in [1.29, 1.82) is 0 Å². The first kappa shape index (κ1) is 15.8. The van der Waals surface area contributed by atoms with Crippen LogP contribution < -0.4 is 4.72 Å². The zero-order chi connectivity index (χ0) is 15.3. The van der Waals surface area contributed by atoms with Gasteiger partial charge in [-0.15, -0.1) is 0 Å². The third-order valence-electron chi connectivity index (χ3n) is 2.81. The van der Waals surface area contributed by atoms with Crippen molar-refractivity contribution in [3.63, 3.8) is 0 Å². The van der Waals surface area contributed by atoms with Crippen molar-refractivity contribution in [2.24, 2.45) is 0 Å². The van der Waals surface area contributed by atoms with Crippen molar-refractivity contribution in [2.75, 3.05) is 11.3 Å². The Hall–Kier alpha value is -1.63. The molecule has 1 aromatic heterocycles. The second-order valence-electron chi connectivity index (χ2n) is 4.45. The molecule has 21 heavy (non-hydrogen) atoms. The number of aryl methyl sites for hydroxylation is 1. The number of halogens is 1. The first-order chi connectivity index (χ1) is 10.0. The number of nitrogens with one attached hydrogen (secondary N) is 1. The van der Waals surface area contributed by atoms with E-state index >= 15 is 0 Å². The Morgan fingerprint density at radius 3 is 2.76 bits per heavy atom. The van der Waals surface area contributed by atoms with E-state index < -0.39 is 10.0 Å². The summed E-state index contributed by atoms with van der Waals surface area (Å²) in [6.07, 6.45) is 2.66. The smallest absolute Gasteiger partial charge is 0.262 e. The minimum atomic E-state index is -3.70. The van der Waals surface area contributed by atoms with E-state index in [0.717, 1.165) is 5.56 Å². The van der Waals surface area contributed by atoms with Crippen LogP contribution in [0.3, 0.4) is 0 Å². The molecule has 0 aliphatic carbocycles. The van der Waals surface area contributed by atoms with Crippen molar-refractivity contribution in [1.82, 2.24) is 4.98 Å². The van der Waals surface area contributed by atoms with E-state index in [4.69, 9.17) is 16.7 Å². The number of hydrogen-bond donors (Lipinski definition) is 2. The summed E-state index contributed by atoms with van der Waals surface area (Å²) >= 11 is 5.71. The fourth-order valence-corrected chi connectivity index (χ4v) is 3.14. The molecule has 0 bridgehead atoms. The lowest BCUT2D eigenvalue weighted by molar-refractivity contribution is 0.288. The number of pyridine rings is 1.